The molecular formula is C22H18N2O3S. The molecule has 6 heteroatoms. The number of ketones is 1. The van der Waals surface area contributed by atoms with Gasteiger partial charge < -0.3 is 5.11 Å². The molecule has 1 amide bonds. The molecule has 140 valence electrons. The van der Waals surface area contributed by atoms with Crippen LogP contribution in [0, 0.1) is 13.8 Å². The van der Waals surface area contributed by atoms with E-state index in [2.05, 4.69) is 4.98 Å². The van der Waals surface area contributed by atoms with Gasteiger partial charge in [-0.15, -0.1) is 11.3 Å². The Hall–Kier alpha value is -3.25. The van der Waals surface area contributed by atoms with Crippen molar-refractivity contribution in [2.24, 2.45) is 0 Å². The molecule has 0 aliphatic carbocycles. The third kappa shape index (κ3) is 2.92. The van der Waals surface area contributed by atoms with Gasteiger partial charge in [0, 0.05) is 11.9 Å². The number of nitrogens with zero attached hydrogens (tertiary/aromatic N) is 2. The molecule has 4 rings (SSSR count). The van der Waals surface area contributed by atoms with Crippen LogP contribution < -0.4 is 4.90 Å². The molecule has 0 saturated heterocycles. The average Bonchev–Trinajstić information content (AvgIpc) is 3.31. The fraction of sp³-hybridized carbons (Fsp3) is 0.136. The number of carbonyl (C=O) groups excluding carboxylic acids is 2. The van der Waals surface area contributed by atoms with E-state index in [-0.39, 0.29) is 11.4 Å². The molecule has 28 heavy (non-hydrogen) atoms. The summed E-state index contributed by atoms with van der Waals surface area (Å²) in [5.74, 6) is -1.47. The Morgan fingerprint density at radius 2 is 1.96 bits per heavy atom. The maximum absolute atomic E-state index is 13.1. The van der Waals surface area contributed by atoms with Gasteiger partial charge in [-0.3, -0.25) is 19.5 Å². The SMILES string of the molecule is Cc1ccc(N2C(=O)C(O)=C(C(=O)c3cccs3)C2c2ccccn2)c(C)c1. The number of aliphatic hydroxyl groups is 1. The summed E-state index contributed by atoms with van der Waals surface area (Å²) < 4.78 is 0. The summed E-state index contributed by atoms with van der Waals surface area (Å²) in [6, 6.07) is 13.7. The molecule has 1 aliphatic heterocycles. The van der Waals surface area contributed by atoms with Gasteiger partial charge in [0.2, 0.25) is 5.78 Å². The second kappa shape index (κ2) is 7.05. The highest BCUT2D eigenvalue weighted by Gasteiger charge is 2.45. The van der Waals surface area contributed by atoms with E-state index in [4.69, 9.17) is 0 Å². The summed E-state index contributed by atoms with van der Waals surface area (Å²) in [5.41, 5.74) is 3.18. The van der Waals surface area contributed by atoms with Crippen molar-refractivity contribution >= 4 is 28.7 Å². The minimum atomic E-state index is -0.787. The summed E-state index contributed by atoms with van der Waals surface area (Å²) in [4.78, 5) is 32.5. The number of hydrogen-bond donors (Lipinski definition) is 1. The van der Waals surface area contributed by atoms with E-state index in [1.807, 2.05) is 32.0 Å². The van der Waals surface area contributed by atoms with Gasteiger partial charge in [0.1, 0.15) is 6.04 Å². The van der Waals surface area contributed by atoms with Crippen LogP contribution in [0.5, 0.6) is 0 Å². The number of anilines is 1. The van der Waals surface area contributed by atoms with Gasteiger partial charge in [-0.1, -0.05) is 29.8 Å². The fourth-order valence-electron chi connectivity index (χ4n) is 3.52. The molecule has 1 atom stereocenters. The lowest BCUT2D eigenvalue weighted by Crippen LogP contribution is -2.32. The highest BCUT2D eigenvalue weighted by atomic mass is 32.1. The number of rotatable bonds is 4. The minimum Gasteiger partial charge on any atom is -0.503 e. The monoisotopic (exact) mass is 390 g/mol. The third-order valence-electron chi connectivity index (χ3n) is 4.78. The molecule has 0 spiro atoms. The molecule has 2 aromatic heterocycles. The molecule has 1 N–H and O–H groups in total. The standard InChI is InChI=1S/C22H18N2O3S/c1-13-8-9-16(14(2)12-13)24-19(15-6-3-4-10-23-15)18(21(26)22(24)27)20(25)17-7-5-11-28-17/h3-12,19,26H,1-2H3. The number of hydrogen-bond acceptors (Lipinski definition) is 5. The van der Waals surface area contributed by atoms with Gasteiger partial charge in [0.05, 0.1) is 16.1 Å². The Balaban J connectivity index is 1.90. The Morgan fingerprint density at radius 3 is 2.61 bits per heavy atom. The highest BCUT2D eigenvalue weighted by molar-refractivity contribution is 7.12. The first-order chi connectivity index (χ1) is 13.5. The Kier molecular flexibility index (Phi) is 4.57. The number of Topliss-reactive ketones (excluding diaryl/α,β-unsaturated/α-hetero) is 1. The van der Waals surface area contributed by atoms with Crippen LogP contribution in [0.3, 0.4) is 0 Å². The van der Waals surface area contributed by atoms with Crippen LogP contribution in [0.25, 0.3) is 0 Å². The molecule has 3 aromatic rings. The van der Waals surface area contributed by atoms with Crippen molar-refractivity contribution in [3.63, 3.8) is 0 Å². The first-order valence-electron chi connectivity index (χ1n) is 8.82. The summed E-state index contributed by atoms with van der Waals surface area (Å²) in [6.07, 6.45) is 1.61. The summed E-state index contributed by atoms with van der Waals surface area (Å²) in [6.45, 7) is 3.88. The lowest BCUT2D eigenvalue weighted by Gasteiger charge is -2.27. The van der Waals surface area contributed by atoms with Crippen LogP contribution >= 0.6 is 11.3 Å². The minimum absolute atomic E-state index is 0.0612. The topological polar surface area (TPSA) is 70.5 Å². The number of benzene rings is 1. The lowest BCUT2D eigenvalue weighted by molar-refractivity contribution is -0.117. The Morgan fingerprint density at radius 1 is 1.14 bits per heavy atom. The van der Waals surface area contributed by atoms with Gasteiger partial charge in [0.25, 0.3) is 5.91 Å². The number of carbonyl (C=O) groups is 2. The van der Waals surface area contributed by atoms with E-state index in [0.717, 1.165) is 11.1 Å². The van der Waals surface area contributed by atoms with E-state index in [0.29, 0.717) is 16.3 Å². The molecule has 0 fully saturated rings. The third-order valence-corrected chi connectivity index (χ3v) is 5.65. The predicted octanol–water partition coefficient (Wildman–Crippen LogP) is 4.54. The van der Waals surface area contributed by atoms with Gasteiger partial charge in [0.15, 0.2) is 5.76 Å². The zero-order chi connectivity index (χ0) is 19.8. The summed E-state index contributed by atoms with van der Waals surface area (Å²) in [7, 11) is 0. The van der Waals surface area contributed by atoms with Crippen LogP contribution in [0.4, 0.5) is 5.69 Å². The number of aromatic nitrogens is 1. The van der Waals surface area contributed by atoms with Crippen LogP contribution in [-0.4, -0.2) is 21.8 Å². The molecular weight excluding hydrogens is 372 g/mol. The second-order valence-corrected chi connectivity index (χ2v) is 7.64. The van der Waals surface area contributed by atoms with Crippen molar-refractivity contribution in [2.75, 3.05) is 4.90 Å². The molecule has 0 bridgehead atoms. The number of amides is 1. The quantitative estimate of drug-likeness (QED) is 0.664. The molecule has 1 aliphatic rings. The molecule has 0 saturated carbocycles. The van der Waals surface area contributed by atoms with E-state index < -0.39 is 17.7 Å². The van der Waals surface area contributed by atoms with Crippen molar-refractivity contribution in [1.29, 1.82) is 0 Å². The van der Waals surface area contributed by atoms with Crippen molar-refractivity contribution in [2.45, 2.75) is 19.9 Å². The lowest BCUT2D eigenvalue weighted by atomic mass is 9.98. The molecule has 0 radical (unpaired) electrons. The smallest absolute Gasteiger partial charge is 0.294 e. The fourth-order valence-corrected chi connectivity index (χ4v) is 4.20. The van der Waals surface area contributed by atoms with Crippen molar-refractivity contribution in [3.8, 4) is 0 Å². The Labute approximate surface area is 166 Å². The van der Waals surface area contributed by atoms with E-state index in [1.54, 1.807) is 41.9 Å². The summed E-state index contributed by atoms with van der Waals surface area (Å²) >= 11 is 1.28. The van der Waals surface area contributed by atoms with Gasteiger partial charge >= 0.3 is 0 Å². The van der Waals surface area contributed by atoms with Gasteiger partial charge in [-0.25, -0.2) is 0 Å². The van der Waals surface area contributed by atoms with Crippen molar-refractivity contribution in [3.05, 3.63) is 93.1 Å². The zero-order valence-corrected chi connectivity index (χ0v) is 16.2. The van der Waals surface area contributed by atoms with Crippen LogP contribution in [0.1, 0.15) is 32.5 Å². The van der Waals surface area contributed by atoms with Gasteiger partial charge in [-0.2, -0.15) is 0 Å². The number of thiophene rings is 1. The number of aliphatic hydroxyl groups excluding tert-OH is 1. The Bertz CT molecular complexity index is 1090. The molecule has 1 aromatic carbocycles. The number of pyridine rings is 1. The normalized spacial score (nSPS) is 16.7. The zero-order valence-electron chi connectivity index (χ0n) is 15.4. The highest BCUT2D eigenvalue weighted by Crippen LogP contribution is 2.42. The molecule has 1 unspecified atom stereocenters. The largest absolute Gasteiger partial charge is 0.503 e. The van der Waals surface area contributed by atoms with Crippen molar-refractivity contribution in [1.82, 2.24) is 4.98 Å². The van der Waals surface area contributed by atoms with Crippen LogP contribution in [-0.2, 0) is 4.79 Å². The summed E-state index contributed by atoms with van der Waals surface area (Å²) in [5, 5.41) is 12.5. The van der Waals surface area contributed by atoms with Gasteiger partial charge in [-0.05, 0) is 49.1 Å². The predicted molar refractivity (Wildman–Crippen MR) is 109 cm³/mol. The van der Waals surface area contributed by atoms with E-state index in [9.17, 15) is 14.7 Å². The van der Waals surface area contributed by atoms with Crippen LogP contribution in [0.2, 0.25) is 0 Å². The first-order valence-corrected chi connectivity index (χ1v) is 9.70. The maximum atomic E-state index is 13.1. The maximum Gasteiger partial charge on any atom is 0.294 e. The van der Waals surface area contributed by atoms with Crippen LogP contribution in [0.15, 0.2) is 71.4 Å². The molecule has 3 heterocycles. The molecule has 5 nitrogen and oxygen atoms in total. The van der Waals surface area contributed by atoms with Crippen molar-refractivity contribution < 1.29 is 14.7 Å². The van der Waals surface area contributed by atoms with E-state index >= 15 is 0 Å². The second-order valence-electron chi connectivity index (χ2n) is 6.69. The number of aryl methyl sites for hydroxylation is 2. The van der Waals surface area contributed by atoms with E-state index in [1.165, 1.54) is 16.2 Å². The first kappa shape index (κ1) is 18.1. The average molecular weight is 390 g/mol.